The second kappa shape index (κ2) is 10.5. The third kappa shape index (κ3) is 4.43. The molecule has 1 spiro atoms. The van der Waals surface area contributed by atoms with Crippen LogP contribution in [0.4, 0.5) is 0 Å². The number of nitrogens with one attached hydrogen (secondary N) is 2. The molecule has 0 bridgehead atoms. The van der Waals surface area contributed by atoms with E-state index in [2.05, 4.69) is 38.3 Å². The van der Waals surface area contributed by atoms with E-state index in [0.717, 1.165) is 58.2 Å². The Balaban J connectivity index is 1.01. The highest BCUT2D eigenvalue weighted by molar-refractivity contribution is 5.97. The first-order chi connectivity index (χ1) is 20.0. The summed E-state index contributed by atoms with van der Waals surface area (Å²) < 4.78 is 13.3. The molecule has 3 heterocycles. The average Bonchev–Trinajstić information content (AvgIpc) is 3.42. The standard InChI is InChI=1S/C34H53N3O5/c1-20-7-10-34(41-19-20)21(2)31-27(42-34)16-26-24-6-5-22-15-23(36-29(39)18-30(40)37-13-11-35-12-14-37)8-9-32(22,3)25(24)17-28(38)33(26,31)4/h20-27,31,35H,5-19H2,1-4H3,(H,36,39)/t20-,21+,22+,23?,24-,25+,26+,27+,31+,32+,33-,34-/m1/s1. The number of nitrogens with zero attached hydrogens (tertiary/aromatic N) is 1. The summed E-state index contributed by atoms with van der Waals surface area (Å²) in [5, 5.41) is 6.48. The Labute approximate surface area is 251 Å². The smallest absolute Gasteiger partial charge is 0.232 e. The molecule has 3 saturated heterocycles. The average molecular weight is 584 g/mol. The summed E-state index contributed by atoms with van der Waals surface area (Å²) in [5.41, 5.74) is -0.182. The fourth-order valence-electron chi connectivity index (χ4n) is 11.5. The number of carbonyl (C=O) groups excluding carboxylic acids is 3. The van der Waals surface area contributed by atoms with E-state index in [1.807, 2.05) is 0 Å². The fraction of sp³-hybridized carbons (Fsp3) is 0.912. The normalized spacial score (nSPS) is 50.0. The summed E-state index contributed by atoms with van der Waals surface area (Å²) in [5.74, 6) is 2.76. The topological polar surface area (TPSA) is 97.0 Å². The van der Waals surface area contributed by atoms with Gasteiger partial charge in [-0.1, -0.05) is 27.7 Å². The predicted molar refractivity (Wildman–Crippen MR) is 158 cm³/mol. The third-order valence-corrected chi connectivity index (χ3v) is 13.9. The second-order valence-electron chi connectivity index (χ2n) is 15.9. The fourth-order valence-corrected chi connectivity index (χ4v) is 11.5. The van der Waals surface area contributed by atoms with Gasteiger partial charge in [0.15, 0.2) is 5.79 Å². The summed E-state index contributed by atoms with van der Waals surface area (Å²) in [4.78, 5) is 41.6. The van der Waals surface area contributed by atoms with Gasteiger partial charge in [0, 0.05) is 62.3 Å². The van der Waals surface area contributed by atoms with Gasteiger partial charge >= 0.3 is 0 Å². The predicted octanol–water partition coefficient (Wildman–Crippen LogP) is 3.92. The van der Waals surface area contributed by atoms with E-state index in [9.17, 15) is 14.4 Å². The van der Waals surface area contributed by atoms with E-state index in [0.29, 0.717) is 54.9 Å². The van der Waals surface area contributed by atoms with E-state index in [1.165, 1.54) is 12.8 Å². The van der Waals surface area contributed by atoms with Crippen molar-refractivity contribution in [3.05, 3.63) is 0 Å². The van der Waals surface area contributed by atoms with Crippen molar-refractivity contribution in [2.75, 3.05) is 32.8 Å². The molecule has 0 aromatic carbocycles. The molecule has 0 radical (unpaired) electrons. The number of Topliss-reactive ketones (excluding diaryl/α,β-unsaturated/α-hetero) is 1. The molecule has 2 N–H and O–H groups in total. The summed E-state index contributed by atoms with van der Waals surface area (Å²) in [6, 6.07) is 0.127. The molecule has 7 aliphatic rings. The van der Waals surface area contributed by atoms with Crippen LogP contribution in [0.1, 0.15) is 91.9 Å². The maximum absolute atomic E-state index is 14.3. The number of ether oxygens (including phenoxy) is 2. The Morgan fingerprint density at radius 2 is 1.81 bits per heavy atom. The van der Waals surface area contributed by atoms with Gasteiger partial charge in [0.1, 0.15) is 12.2 Å². The molecule has 234 valence electrons. The van der Waals surface area contributed by atoms with Crippen LogP contribution in [-0.2, 0) is 23.9 Å². The zero-order valence-electron chi connectivity index (χ0n) is 26.3. The molecule has 8 heteroatoms. The molecule has 7 rings (SSSR count). The number of fused-ring (bicyclic) bond motifs is 7. The first-order valence-electron chi connectivity index (χ1n) is 17.2. The highest BCUT2D eigenvalue weighted by atomic mass is 16.7. The summed E-state index contributed by atoms with van der Waals surface area (Å²) in [6.07, 6.45) is 9.15. The lowest BCUT2D eigenvalue weighted by Crippen LogP contribution is -2.59. The monoisotopic (exact) mass is 583 g/mol. The maximum atomic E-state index is 14.3. The van der Waals surface area contributed by atoms with Crippen molar-refractivity contribution in [3.8, 4) is 0 Å². The quantitative estimate of drug-likeness (QED) is 0.489. The van der Waals surface area contributed by atoms with Crippen LogP contribution in [0.3, 0.4) is 0 Å². The van der Waals surface area contributed by atoms with Crippen molar-refractivity contribution < 1.29 is 23.9 Å². The van der Waals surface area contributed by atoms with Crippen LogP contribution < -0.4 is 10.6 Å². The van der Waals surface area contributed by atoms with Gasteiger partial charge in [-0.3, -0.25) is 14.4 Å². The first-order valence-corrected chi connectivity index (χ1v) is 17.2. The molecule has 0 aromatic heterocycles. The number of amides is 2. The van der Waals surface area contributed by atoms with Crippen molar-refractivity contribution >= 4 is 17.6 Å². The Bertz CT molecular complexity index is 1100. The van der Waals surface area contributed by atoms with E-state index in [-0.39, 0.29) is 53.0 Å². The SMILES string of the molecule is C[C@@H]1CC[C@@]2(OC1)O[C@H]1C[C@H]3[C@@H]4CC[C@H]5CC(NC(=O)CC(=O)N6CCNCC6)CC[C@]5(C)[C@H]4CC(=O)[C@]3(C)[C@H]1[C@@H]2C. The zero-order chi connectivity index (χ0) is 29.4. The van der Waals surface area contributed by atoms with Gasteiger partial charge in [0.25, 0.3) is 0 Å². The molecular weight excluding hydrogens is 530 g/mol. The Hall–Kier alpha value is -1.51. The maximum Gasteiger partial charge on any atom is 0.232 e. The van der Waals surface area contributed by atoms with E-state index < -0.39 is 5.79 Å². The molecule has 42 heavy (non-hydrogen) atoms. The van der Waals surface area contributed by atoms with Crippen LogP contribution in [-0.4, -0.2) is 73.2 Å². The number of hydrogen-bond acceptors (Lipinski definition) is 6. The number of carbonyl (C=O) groups is 3. The number of piperazine rings is 1. The van der Waals surface area contributed by atoms with E-state index in [4.69, 9.17) is 9.47 Å². The molecule has 1 unspecified atom stereocenters. The van der Waals surface area contributed by atoms with Gasteiger partial charge in [-0.15, -0.1) is 0 Å². The van der Waals surface area contributed by atoms with E-state index >= 15 is 0 Å². The Kier molecular flexibility index (Phi) is 7.33. The minimum Gasteiger partial charge on any atom is -0.353 e. The highest BCUT2D eigenvalue weighted by Crippen LogP contribution is 2.70. The zero-order valence-corrected chi connectivity index (χ0v) is 26.3. The van der Waals surface area contributed by atoms with Gasteiger partial charge < -0.3 is 25.0 Å². The first kappa shape index (κ1) is 29.2. The summed E-state index contributed by atoms with van der Waals surface area (Å²) >= 11 is 0. The van der Waals surface area contributed by atoms with Crippen molar-refractivity contribution in [1.82, 2.24) is 15.5 Å². The molecule has 8 nitrogen and oxygen atoms in total. The molecule has 0 aromatic rings. The molecule has 4 aliphatic carbocycles. The van der Waals surface area contributed by atoms with Crippen LogP contribution in [0.2, 0.25) is 0 Å². The lowest BCUT2D eigenvalue weighted by Gasteiger charge is -2.60. The van der Waals surface area contributed by atoms with Crippen LogP contribution >= 0.6 is 0 Å². The highest BCUT2D eigenvalue weighted by Gasteiger charge is 2.71. The second-order valence-corrected chi connectivity index (χ2v) is 15.9. The van der Waals surface area contributed by atoms with Crippen molar-refractivity contribution in [1.29, 1.82) is 0 Å². The Morgan fingerprint density at radius 3 is 2.55 bits per heavy atom. The number of ketones is 1. The largest absolute Gasteiger partial charge is 0.353 e. The van der Waals surface area contributed by atoms with Crippen molar-refractivity contribution in [3.63, 3.8) is 0 Å². The van der Waals surface area contributed by atoms with Crippen LogP contribution in [0.5, 0.6) is 0 Å². The minimum atomic E-state index is -0.491. The molecule has 4 saturated carbocycles. The van der Waals surface area contributed by atoms with Crippen LogP contribution in [0.15, 0.2) is 0 Å². The summed E-state index contributed by atoms with van der Waals surface area (Å²) in [7, 11) is 0. The molecule has 12 atom stereocenters. The van der Waals surface area contributed by atoms with Crippen molar-refractivity contribution in [2.45, 2.75) is 110 Å². The van der Waals surface area contributed by atoms with Gasteiger partial charge in [-0.25, -0.2) is 0 Å². The minimum absolute atomic E-state index is 0.0495. The lowest BCUT2D eigenvalue weighted by atomic mass is 9.44. The number of hydrogen-bond donors (Lipinski definition) is 2. The third-order valence-electron chi connectivity index (χ3n) is 13.9. The molecule has 2 amide bonds. The molecular formula is C34H53N3O5. The molecule has 7 fully saturated rings. The molecule has 3 aliphatic heterocycles. The Morgan fingerprint density at radius 1 is 1.02 bits per heavy atom. The van der Waals surface area contributed by atoms with Crippen LogP contribution in [0, 0.1) is 52.3 Å². The lowest BCUT2D eigenvalue weighted by molar-refractivity contribution is -0.272. The van der Waals surface area contributed by atoms with Crippen LogP contribution in [0.25, 0.3) is 0 Å². The van der Waals surface area contributed by atoms with Crippen molar-refractivity contribution in [2.24, 2.45) is 52.3 Å². The van der Waals surface area contributed by atoms with Gasteiger partial charge in [-0.05, 0) is 80.0 Å². The van der Waals surface area contributed by atoms with Gasteiger partial charge in [0.05, 0.1) is 12.7 Å². The van der Waals surface area contributed by atoms with Gasteiger partial charge in [0.2, 0.25) is 11.8 Å². The summed E-state index contributed by atoms with van der Waals surface area (Å²) in [6.45, 7) is 13.0. The number of rotatable bonds is 3. The van der Waals surface area contributed by atoms with E-state index in [1.54, 1.807) is 4.90 Å². The van der Waals surface area contributed by atoms with Gasteiger partial charge in [-0.2, -0.15) is 0 Å².